The Bertz CT molecular complexity index is 494. The van der Waals surface area contributed by atoms with Crippen molar-refractivity contribution in [1.82, 2.24) is 5.32 Å². The lowest BCUT2D eigenvalue weighted by atomic mass is 10.2. The van der Waals surface area contributed by atoms with E-state index in [-0.39, 0.29) is 12.1 Å². The van der Waals surface area contributed by atoms with Gasteiger partial charge in [-0.25, -0.2) is 9.59 Å². The molecule has 5 nitrogen and oxygen atoms in total. The summed E-state index contributed by atoms with van der Waals surface area (Å²) < 4.78 is 0.480. The monoisotopic (exact) mass is 296 g/mol. The number of terminal acetylenes is 1. The molecule has 0 saturated heterocycles. The van der Waals surface area contributed by atoms with Crippen molar-refractivity contribution in [1.29, 1.82) is 0 Å². The molecule has 0 heterocycles. The highest BCUT2D eigenvalue weighted by Gasteiger charge is 2.08. The minimum absolute atomic E-state index is 0.122. The number of carbonyl (C=O) groups excluding carboxylic acids is 1. The Labute approximate surface area is 106 Å². The van der Waals surface area contributed by atoms with Crippen LogP contribution < -0.4 is 10.6 Å². The second-order valence-corrected chi connectivity index (χ2v) is 3.87. The molecule has 1 aromatic carbocycles. The molecule has 0 atom stereocenters. The van der Waals surface area contributed by atoms with E-state index in [0.717, 1.165) is 0 Å². The molecule has 88 valence electrons. The number of benzene rings is 1. The van der Waals surface area contributed by atoms with Gasteiger partial charge >= 0.3 is 12.0 Å². The lowest BCUT2D eigenvalue weighted by Gasteiger charge is -2.08. The number of aromatic carboxylic acids is 1. The van der Waals surface area contributed by atoms with E-state index >= 15 is 0 Å². The van der Waals surface area contributed by atoms with E-state index in [4.69, 9.17) is 11.5 Å². The van der Waals surface area contributed by atoms with E-state index in [1.165, 1.54) is 18.2 Å². The van der Waals surface area contributed by atoms with Crippen LogP contribution in [-0.4, -0.2) is 23.7 Å². The Hall–Kier alpha value is -2.00. The summed E-state index contributed by atoms with van der Waals surface area (Å²) in [7, 11) is 0. The second kappa shape index (κ2) is 5.92. The second-order valence-electron chi connectivity index (χ2n) is 3.01. The molecule has 2 amide bonds. The van der Waals surface area contributed by atoms with Crippen LogP contribution in [0.4, 0.5) is 10.5 Å². The average Bonchev–Trinajstić information content (AvgIpc) is 2.28. The number of carboxylic acids is 1. The Morgan fingerprint density at radius 3 is 2.71 bits per heavy atom. The average molecular weight is 297 g/mol. The van der Waals surface area contributed by atoms with Gasteiger partial charge in [0.1, 0.15) is 0 Å². The quantitative estimate of drug-likeness (QED) is 0.746. The molecule has 0 radical (unpaired) electrons. The summed E-state index contributed by atoms with van der Waals surface area (Å²) in [6.45, 7) is 0.122. The van der Waals surface area contributed by atoms with Gasteiger partial charge in [-0.3, -0.25) is 0 Å². The van der Waals surface area contributed by atoms with E-state index in [2.05, 4.69) is 32.5 Å². The molecule has 6 heteroatoms. The summed E-state index contributed by atoms with van der Waals surface area (Å²) >= 11 is 3.17. The molecule has 0 spiro atoms. The number of urea groups is 1. The van der Waals surface area contributed by atoms with Crippen molar-refractivity contribution in [3.05, 3.63) is 28.2 Å². The summed E-state index contributed by atoms with van der Waals surface area (Å²) in [5.41, 5.74) is 0.593. The molecule has 0 unspecified atom stereocenters. The van der Waals surface area contributed by atoms with Crippen LogP contribution >= 0.6 is 15.9 Å². The van der Waals surface area contributed by atoms with Crippen molar-refractivity contribution in [2.75, 3.05) is 11.9 Å². The van der Waals surface area contributed by atoms with Crippen molar-refractivity contribution in [3.8, 4) is 12.3 Å². The largest absolute Gasteiger partial charge is 0.478 e. The van der Waals surface area contributed by atoms with Gasteiger partial charge in [0, 0.05) is 4.47 Å². The minimum atomic E-state index is -1.03. The first kappa shape index (κ1) is 13.1. The summed E-state index contributed by atoms with van der Waals surface area (Å²) in [6.07, 6.45) is 4.99. The molecule has 0 saturated carbocycles. The summed E-state index contributed by atoms with van der Waals surface area (Å²) in [6, 6.07) is 3.83. The van der Waals surface area contributed by atoms with Gasteiger partial charge in [-0.1, -0.05) is 5.92 Å². The van der Waals surface area contributed by atoms with Crippen LogP contribution in [0.1, 0.15) is 10.4 Å². The fraction of sp³-hybridized carbons (Fsp3) is 0.0909. The zero-order valence-electron chi connectivity index (χ0n) is 8.66. The molecule has 3 N–H and O–H groups in total. The topological polar surface area (TPSA) is 78.4 Å². The van der Waals surface area contributed by atoms with Crippen molar-refractivity contribution < 1.29 is 14.7 Å². The van der Waals surface area contributed by atoms with Crippen LogP contribution in [0.2, 0.25) is 0 Å². The summed E-state index contributed by atoms with van der Waals surface area (Å²) in [4.78, 5) is 22.0. The third kappa shape index (κ3) is 3.81. The lowest BCUT2D eigenvalue weighted by Crippen LogP contribution is -2.29. The van der Waals surface area contributed by atoms with Gasteiger partial charge in [0.25, 0.3) is 0 Å². The van der Waals surface area contributed by atoms with Crippen LogP contribution in [0.3, 0.4) is 0 Å². The van der Waals surface area contributed by atoms with Crippen LogP contribution in [-0.2, 0) is 0 Å². The van der Waals surface area contributed by atoms with Crippen molar-refractivity contribution in [3.63, 3.8) is 0 Å². The highest BCUT2D eigenvalue weighted by atomic mass is 79.9. The molecule has 0 aliphatic rings. The zero-order valence-corrected chi connectivity index (χ0v) is 10.2. The van der Waals surface area contributed by atoms with Crippen molar-refractivity contribution in [2.45, 2.75) is 0 Å². The van der Waals surface area contributed by atoms with E-state index in [0.29, 0.717) is 10.2 Å². The maximum atomic E-state index is 11.3. The van der Waals surface area contributed by atoms with E-state index < -0.39 is 12.0 Å². The fourth-order valence-electron chi connectivity index (χ4n) is 1.05. The first-order valence-electron chi connectivity index (χ1n) is 4.55. The summed E-state index contributed by atoms with van der Waals surface area (Å²) in [5, 5.41) is 13.7. The number of halogens is 1. The number of hydrogen-bond acceptors (Lipinski definition) is 2. The SMILES string of the molecule is C#CCNC(=O)Nc1ccc(C(=O)O)cc1Br. The molecule has 0 fully saturated rings. The minimum Gasteiger partial charge on any atom is -0.478 e. The number of hydrogen-bond donors (Lipinski definition) is 3. The van der Waals surface area contributed by atoms with E-state index in [9.17, 15) is 9.59 Å². The third-order valence-electron chi connectivity index (χ3n) is 1.82. The zero-order chi connectivity index (χ0) is 12.8. The van der Waals surface area contributed by atoms with Gasteiger partial charge in [0.15, 0.2) is 0 Å². The predicted octanol–water partition coefficient (Wildman–Crippen LogP) is 1.90. The van der Waals surface area contributed by atoms with Crippen LogP contribution in [0.15, 0.2) is 22.7 Å². The van der Waals surface area contributed by atoms with E-state index in [1.807, 2.05) is 0 Å². The molecule has 0 bridgehead atoms. The smallest absolute Gasteiger partial charge is 0.335 e. The molecule has 0 aliphatic carbocycles. The fourth-order valence-corrected chi connectivity index (χ4v) is 1.53. The number of carboxylic acid groups (broad SMARTS) is 1. The highest BCUT2D eigenvalue weighted by Crippen LogP contribution is 2.23. The Morgan fingerprint density at radius 2 is 2.18 bits per heavy atom. The number of amides is 2. The number of anilines is 1. The normalized spacial score (nSPS) is 9.18. The maximum absolute atomic E-state index is 11.3. The van der Waals surface area contributed by atoms with Crippen molar-refractivity contribution in [2.24, 2.45) is 0 Å². The van der Waals surface area contributed by atoms with E-state index in [1.54, 1.807) is 0 Å². The number of rotatable bonds is 3. The van der Waals surface area contributed by atoms with Gasteiger partial charge in [-0.15, -0.1) is 6.42 Å². The Balaban J connectivity index is 2.76. The van der Waals surface area contributed by atoms with Gasteiger partial charge in [-0.2, -0.15) is 0 Å². The van der Waals surface area contributed by atoms with Gasteiger partial charge in [0.2, 0.25) is 0 Å². The van der Waals surface area contributed by atoms with Gasteiger partial charge in [-0.05, 0) is 34.1 Å². The molecule has 1 aromatic rings. The summed E-state index contributed by atoms with van der Waals surface area (Å²) in [5.74, 6) is 1.23. The first-order valence-corrected chi connectivity index (χ1v) is 5.35. The van der Waals surface area contributed by atoms with Gasteiger partial charge in [0.05, 0.1) is 17.8 Å². The molecule has 1 rings (SSSR count). The lowest BCUT2D eigenvalue weighted by molar-refractivity contribution is 0.0697. The highest BCUT2D eigenvalue weighted by molar-refractivity contribution is 9.10. The Kier molecular flexibility index (Phi) is 4.55. The molecule has 0 aliphatic heterocycles. The van der Waals surface area contributed by atoms with Gasteiger partial charge < -0.3 is 15.7 Å². The molecule has 0 aromatic heterocycles. The first-order chi connectivity index (χ1) is 8.04. The third-order valence-corrected chi connectivity index (χ3v) is 2.47. The predicted molar refractivity (Wildman–Crippen MR) is 67.0 cm³/mol. The molecular weight excluding hydrogens is 288 g/mol. The number of nitrogens with one attached hydrogen (secondary N) is 2. The van der Waals surface area contributed by atoms with Crippen LogP contribution in [0.25, 0.3) is 0 Å². The molecule has 17 heavy (non-hydrogen) atoms. The van der Waals surface area contributed by atoms with Crippen LogP contribution in [0.5, 0.6) is 0 Å². The standard InChI is InChI=1S/C11H9BrN2O3/c1-2-5-13-11(17)14-9-4-3-7(10(15)16)6-8(9)12/h1,3-4,6H,5H2,(H,15,16)(H2,13,14,17). The van der Waals surface area contributed by atoms with Crippen LogP contribution in [0, 0.1) is 12.3 Å². The Morgan fingerprint density at radius 1 is 1.47 bits per heavy atom. The maximum Gasteiger partial charge on any atom is 0.335 e. The van der Waals surface area contributed by atoms with Crippen molar-refractivity contribution >= 4 is 33.6 Å². The number of carbonyl (C=O) groups is 2. The molecular formula is C11H9BrN2O3.